The molecule has 1 N–H and O–H groups in total. The molecule has 5 heteroatoms. The number of carbonyl (C=O) groups excluding carboxylic acids is 1. The second kappa shape index (κ2) is 9.09. The van der Waals surface area contributed by atoms with Gasteiger partial charge in [-0.1, -0.05) is 67.0 Å². The molecule has 0 saturated heterocycles. The van der Waals surface area contributed by atoms with Crippen LogP contribution in [0.2, 0.25) is 0 Å². The van der Waals surface area contributed by atoms with Crippen molar-refractivity contribution in [3.05, 3.63) is 80.6 Å². The van der Waals surface area contributed by atoms with Crippen molar-refractivity contribution >= 4 is 50.1 Å². The maximum atomic E-state index is 13.4. The highest BCUT2D eigenvalue weighted by Gasteiger charge is 2.33. The molecule has 1 amide bonds. The Hall–Kier alpha value is -2.24. The SMILES string of the molecule is CC(C)(C)[C@H]1CCc2c(sc(N=Cc3ccccc3)c2C(=O)Nc2ccc(Br)cc2)C1. The molecule has 160 valence electrons. The van der Waals surface area contributed by atoms with Gasteiger partial charge in [-0.3, -0.25) is 4.79 Å². The first-order chi connectivity index (χ1) is 14.8. The second-order valence-corrected chi connectivity index (χ2v) is 11.1. The molecule has 4 rings (SSSR count). The molecule has 3 aromatic rings. The van der Waals surface area contributed by atoms with Gasteiger partial charge in [0.1, 0.15) is 5.00 Å². The highest BCUT2D eigenvalue weighted by molar-refractivity contribution is 9.10. The van der Waals surface area contributed by atoms with Gasteiger partial charge < -0.3 is 5.32 Å². The fraction of sp³-hybridized carbons (Fsp3) is 0.308. The molecule has 2 aromatic carbocycles. The first-order valence-corrected chi connectivity index (χ1v) is 12.2. The lowest BCUT2D eigenvalue weighted by Gasteiger charge is -2.33. The predicted octanol–water partition coefficient (Wildman–Crippen LogP) is 7.66. The smallest absolute Gasteiger partial charge is 0.259 e. The largest absolute Gasteiger partial charge is 0.322 e. The Labute approximate surface area is 196 Å². The molecule has 3 nitrogen and oxygen atoms in total. The van der Waals surface area contributed by atoms with Crippen LogP contribution in [0.25, 0.3) is 0 Å². The van der Waals surface area contributed by atoms with Gasteiger partial charge in [-0.05, 0) is 66.0 Å². The van der Waals surface area contributed by atoms with Crippen molar-refractivity contribution in [1.29, 1.82) is 0 Å². The number of anilines is 1. The lowest BCUT2D eigenvalue weighted by atomic mass is 9.72. The third kappa shape index (κ3) is 5.16. The molecule has 0 unspecified atom stereocenters. The number of fused-ring (bicyclic) bond motifs is 1. The molecule has 1 aliphatic rings. The second-order valence-electron chi connectivity index (χ2n) is 9.12. The van der Waals surface area contributed by atoms with Crippen molar-refractivity contribution < 1.29 is 4.79 Å². The van der Waals surface area contributed by atoms with E-state index in [2.05, 4.69) is 42.0 Å². The van der Waals surface area contributed by atoms with E-state index in [4.69, 9.17) is 4.99 Å². The zero-order chi connectivity index (χ0) is 22.0. The average Bonchev–Trinajstić information content (AvgIpc) is 3.12. The Morgan fingerprint density at radius 2 is 1.84 bits per heavy atom. The molecule has 0 aliphatic heterocycles. The predicted molar refractivity (Wildman–Crippen MR) is 135 cm³/mol. The van der Waals surface area contributed by atoms with Crippen molar-refractivity contribution in [3.63, 3.8) is 0 Å². The first-order valence-electron chi connectivity index (χ1n) is 10.6. The van der Waals surface area contributed by atoms with E-state index in [9.17, 15) is 4.79 Å². The molecule has 0 bridgehead atoms. The summed E-state index contributed by atoms with van der Waals surface area (Å²) in [5.74, 6) is 0.543. The summed E-state index contributed by atoms with van der Waals surface area (Å²) >= 11 is 5.12. The Kier molecular flexibility index (Phi) is 6.44. The molecule has 31 heavy (non-hydrogen) atoms. The Bertz CT molecular complexity index is 1090. The number of aliphatic imine (C=N–C) groups is 1. The number of nitrogens with zero attached hydrogens (tertiary/aromatic N) is 1. The quantitative estimate of drug-likeness (QED) is 0.371. The number of hydrogen-bond acceptors (Lipinski definition) is 3. The van der Waals surface area contributed by atoms with Crippen LogP contribution in [0, 0.1) is 11.3 Å². The summed E-state index contributed by atoms with van der Waals surface area (Å²) in [6.45, 7) is 6.93. The summed E-state index contributed by atoms with van der Waals surface area (Å²) in [4.78, 5) is 19.4. The number of amides is 1. The van der Waals surface area contributed by atoms with Crippen molar-refractivity contribution in [3.8, 4) is 0 Å². The average molecular weight is 495 g/mol. The lowest BCUT2D eigenvalue weighted by molar-refractivity contribution is 0.102. The Morgan fingerprint density at radius 1 is 1.13 bits per heavy atom. The lowest BCUT2D eigenvalue weighted by Crippen LogP contribution is -2.27. The van der Waals surface area contributed by atoms with Crippen LogP contribution in [-0.4, -0.2) is 12.1 Å². The van der Waals surface area contributed by atoms with Crippen LogP contribution in [0.15, 0.2) is 64.1 Å². The fourth-order valence-electron chi connectivity index (χ4n) is 4.03. The van der Waals surface area contributed by atoms with E-state index >= 15 is 0 Å². The van der Waals surface area contributed by atoms with E-state index in [0.29, 0.717) is 5.92 Å². The monoisotopic (exact) mass is 494 g/mol. The Balaban J connectivity index is 1.69. The van der Waals surface area contributed by atoms with E-state index in [1.54, 1.807) is 11.3 Å². The van der Waals surface area contributed by atoms with Gasteiger partial charge in [0.05, 0.1) is 5.56 Å². The Morgan fingerprint density at radius 3 is 2.52 bits per heavy atom. The van der Waals surface area contributed by atoms with Gasteiger partial charge in [-0.15, -0.1) is 11.3 Å². The number of nitrogens with one attached hydrogen (secondary N) is 1. The molecule has 0 radical (unpaired) electrons. The van der Waals surface area contributed by atoms with E-state index < -0.39 is 0 Å². The van der Waals surface area contributed by atoms with Gasteiger partial charge in [0.15, 0.2) is 0 Å². The third-order valence-corrected chi connectivity index (χ3v) is 7.62. The van der Waals surface area contributed by atoms with Crippen molar-refractivity contribution in [2.75, 3.05) is 5.32 Å². The highest BCUT2D eigenvalue weighted by atomic mass is 79.9. The van der Waals surface area contributed by atoms with Crippen LogP contribution in [0.5, 0.6) is 0 Å². The van der Waals surface area contributed by atoms with E-state index in [1.165, 1.54) is 10.4 Å². The molecule has 1 atom stereocenters. The van der Waals surface area contributed by atoms with Gasteiger partial charge in [0, 0.05) is 21.3 Å². The number of carbonyl (C=O) groups is 1. The van der Waals surface area contributed by atoms with Crippen molar-refractivity contribution in [1.82, 2.24) is 0 Å². The maximum Gasteiger partial charge on any atom is 0.259 e. The number of rotatable bonds is 4. The zero-order valence-corrected chi connectivity index (χ0v) is 20.5. The minimum absolute atomic E-state index is 0.0748. The molecular weight excluding hydrogens is 468 g/mol. The maximum absolute atomic E-state index is 13.4. The molecule has 1 aliphatic carbocycles. The van der Waals surface area contributed by atoms with Gasteiger partial charge in [-0.2, -0.15) is 0 Å². The van der Waals surface area contributed by atoms with E-state index in [-0.39, 0.29) is 11.3 Å². The minimum atomic E-state index is -0.0748. The molecule has 1 heterocycles. The summed E-state index contributed by atoms with van der Waals surface area (Å²) in [5.41, 5.74) is 3.99. The molecule has 0 fully saturated rings. The molecule has 0 spiro atoms. The van der Waals surface area contributed by atoms with Crippen molar-refractivity contribution in [2.24, 2.45) is 16.3 Å². The number of halogens is 1. The summed E-state index contributed by atoms with van der Waals surface area (Å²) in [6, 6.07) is 17.7. The van der Waals surface area contributed by atoms with Crippen LogP contribution in [0.1, 0.15) is 53.6 Å². The highest BCUT2D eigenvalue weighted by Crippen LogP contribution is 2.45. The van der Waals surface area contributed by atoms with Gasteiger partial charge in [-0.25, -0.2) is 4.99 Å². The number of thiophene rings is 1. The van der Waals surface area contributed by atoms with Crippen LogP contribution < -0.4 is 5.32 Å². The van der Waals surface area contributed by atoms with E-state index in [0.717, 1.165) is 45.6 Å². The topological polar surface area (TPSA) is 41.5 Å². The summed E-state index contributed by atoms with van der Waals surface area (Å²) < 4.78 is 0.986. The summed E-state index contributed by atoms with van der Waals surface area (Å²) in [7, 11) is 0. The fourth-order valence-corrected chi connectivity index (χ4v) is 5.57. The van der Waals surface area contributed by atoms with Gasteiger partial charge >= 0.3 is 0 Å². The van der Waals surface area contributed by atoms with Crippen LogP contribution >= 0.6 is 27.3 Å². The summed E-state index contributed by atoms with van der Waals surface area (Å²) in [6.07, 6.45) is 4.91. The van der Waals surface area contributed by atoms with Gasteiger partial charge in [0.25, 0.3) is 5.91 Å². The van der Waals surface area contributed by atoms with Crippen molar-refractivity contribution in [2.45, 2.75) is 40.0 Å². The zero-order valence-electron chi connectivity index (χ0n) is 18.1. The number of hydrogen-bond donors (Lipinski definition) is 1. The first kappa shape index (κ1) is 22.0. The van der Waals surface area contributed by atoms with Gasteiger partial charge in [0.2, 0.25) is 0 Å². The molecule has 0 saturated carbocycles. The van der Waals surface area contributed by atoms with Crippen LogP contribution in [0.4, 0.5) is 10.7 Å². The van der Waals surface area contributed by atoms with Crippen LogP contribution in [0.3, 0.4) is 0 Å². The molecular formula is C26H27BrN2OS. The number of benzene rings is 2. The third-order valence-electron chi connectivity index (χ3n) is 5.93. The summed E-state index contributed by atoms with van der Waals surface area (Å²) in [5, 5.41) is 3.88. The molecule has 1 aromatic heterocycles. The minimum Gasteiger partial charge on any atom is -0.322 e. The normalized spacial score (nSPS) is 16.3. The standard InChI is InChI=1S/C26H27BrN2OS/c1-26(2,3)18-9-14-21-22(15-18)31-25(28-16-17-7-5-4-6-8-17)23(21)24(30)29-20-12-10-19(27)11-13-20/h4-8,10-13,16,18H,9,14-15H2,1-3H3,(H,29,30)/t18-/m0/s1. The van der Waals surface area contributed by atoms with Crippen LogP contribution in [-0.2, 0) is 12.8 Å². The van der Waals surface area contributed by atoms with E-state index in [1.807, 2.05) is 60.8 Å².